The van der Waals surface area contributed by atoms with Gasteiger partial charge in [-0.05, 0) is 0 Å². The summed E-state index contributed by atoms with van der Waals surface area (Å²) in [4.78, 5) is 0. The molecule has 1 aromatic rings. The van der Waals surface area contributed by atoms with E-state index in [0.29, 0.717) is 0 Å². The third-order valence-corrected chi connectivity index (χ3v) is 1.80. The number of aliphatic hydroxyl groups is 1. The third-order valence-electron chi connectivity index (χ3n) is 1.80. The van der Waals surface area contributed by atoms with Crippen molar-refractivity contribution in [2.24, 2.45) is 5.73 Å². The maximum absolute atomic E-state index is 12.9. The zero-order valence-corrected chi connectivity index (χ0v) is 7.20. The largest absolute Gasteiger partial charge is 0.387 e. The average molecular weight is 227 g/mol. The van der Waals surface area contributed by atoms with Crippen LogP contribution in [0.4, 0.5) is 22.0 Å². The maximum atomic E-state index is 12.9. The summed E-state index contributed by atoms with van der Waals surface area (Å²) < 4.78 is 63.5. The average Bonchev–Trinajstić information content (AvgIpc) is 2.23. The van der Waals surface area contributed by atoms with Gasteiger partial charge in [-0.1, -0.05) is 0 Å². The van der Waals surface area contributed by atoms with Gasteiger partial charge in [0.2, 0.25) is 5.82 Å². The molecule has 0 fully saturated rings. The van der Waals surface area contributed by atoms with Crippen LogP contribution in [0, 0.1) is 29.1 Å². The van der Waals surface area contributed by atoms with Gasteiger partial charge >= 0.3 is 0 Å². The van der Waals surface area contributed by atoms with E-state index < -0.39 is 47.3 Å². The van der Waals surface area contributed by atoms with Crippen molar-refractivity contribution < 1.29 is 27.1 Å². The Bertz CT molecular complexity index is 366. The molecule has 0 aromatic heterocycles. The smallest absolute Gasteiger partial charge is 0.200 e. The highest BCUT2D eigenvalue weighted by molar-refractivity contribution is 5.26. The first-order valence-corrected chi connectivity index (χ1v) is 3.81. The number of benzene rings is 1. The molecule has 1 aromatic carbocycles. The minimum absolute atomic E-state index is 0.654. The van der Waals surface area contributed by atoms with Crippen LogP contribution in [0.3, 0.4) is 0 Å². The van der Waals surface area contributed by atoms with Crippen LogP contribution in [-0.4, -0.2) is 11.7 Å². The predicted molar refractivity (Wildman–Crippen MR) is 40.2 cm³/mol. The van der Waals surface area contributed by atoms with E-state index in [1.807, 2.05) is 0 Å². The van der Waals surface area contributed by atoms with Gasteiger partial charge in [-0.2, -0.15) is 0 Å². The van der Waals surface area contributed by atoms with Crippen LogP contribution in [0.1, 0.15) is 11.7 Å². The van der Waals surface area contributed by atoms with Gasteiger partial charge in [0, 0.05) is 6.54 Å². The van der Waals surface area contributed by atoms with E-state index in [-0.39, 0.29) is 0 Å². The molecule has 0 spiro atoms. The molecule has 0 aliphatic carbocycles. The molecule has 0 bridgehead atoms. The van der Waals surface area contributed by atoms with Crippen LogP contribution in [0.15, 0.2) is 0 Å². The Hall–Kier alpha value is -1.21. The molecule has 1 atom stereocenters. The van der Waals surface area contributed by atoms with E-state index in [1.54, 1.807) is 0 Å². The summed E-state index contributed by atoms with van der Waals surface area (Å²) in [6, 6.07) is 0. The van der Waals surface area contributed by atoms with E-state index in [0.717, 1.165) is 0 Å². The molecule has 0 amide bonds. The van der Waals surface area contributed by atoms with E-state index in [2.05, 4.69) is 0 Å². The van der Waals surface area contributed by atoms with Gasteiger partial charge in [-0.25, -0.2) is 22.0 Å². The monoisotopic (exact) mass is 227 g/mol. The van der Waals surface area contributed by atoms with Crippen molar-refractivity contribution in [3.8, 4) is 0 Å². The van der Waals surface area contributed by atoms with Crippen LogP contribution >= 0.6 is 0 Å². The highest BCUT2D eigenvalue weighted by Crippen LogP contribution is 2.27. The first-order chi connectivity index (χ1) is 6.91. The first kappa shape index (κ1) is 11.9. The Kier molecular flexibility index (Phi) is 3.25. The topological polar surface area (TPSA) is 46.2 Å². The van der Waals surface area contributed by atoms with Gasteiger partial charge in [0.25, 0.3) is 0 Å². The number of rotatable bonds is 2. The quantitative estimate of drug-likeness (QED) is 0.455. The van der Waals surface area contributed by atoms with Gasteiger partial charge in [0.1, 0.15) is 0 Å². The number of aliphatic hydroxyl groups excluding tert-OH is 1. The van der Waals surface area contributed by atoms with Crippen LogP contribution in [0.5, 0.6) is 0 Å². The van der Waals surface area contributed by atoms with Crippen molar-refractivity contribution >= 4 is 0 Å². The maximum Gasteiger partial charge on any atom is 0.200 e. The molecular formula is C8H6F5NO. The molecule has 0 saturated carbocycles. The van der Waals surface area contributed by atoms with E-state index in [9.17, 15) is 22.0 Å². The Morgan fingerprint density at radius 2 is 1.20 bits per heavy atom. The number of hydrogen-bond acceptors (Lipinski definition) is 2. The summed E-state index contributed by atoms with van der Waals surface area (Å²) in [5.74, 6) is -10.6. The lowest BCUT2D eigenvalue weighted by Gasteiger charge is -2.12. The lowest BCUT2D eigenvalue weighted by atomic mass is 10.1. The van der Waals surface area contributed by atoms with E-state index >= 15 is 0 Å². The minimum Gasteiger partial charge on any atom is -0.387 e. The second-order valence-electron chi connectivity index (χ2n) is 2.74. The molecule has 0 aliphatic heterocycles. The molecule has 3 N–H and O–H groups in total. The van der Waals surface area contributed by atoms with Gasteiger partial charge in [0.05, 0.1) is 11.7 Å². The van der Waals surface area contributed by atoms with Crippen molar-refractivity contribution in [3.63, 3.8) is 0 Å². The number of halogens is 5. The highest BCUT2D eigenvalue weighted by Gasteiger charge is 2.28. The zero-order chi connectivity index (χ0) is 11.7. The molecule has 0 heterocycles. The summed E-state index contributed by atoms with van der Waals surface area (Å²) in [6.07, 6.45) is -1.94. The van der Waals surface area contributed by atoms with Gasteiger partial charge in [-0.3, -0.25) is 0 Å². The Balaban J connectivity index is 3.52. The van der Waals surface area contributed by atoms with Crippen LogP contribution in [-0.2, 0) is 0 Å². The molecule has 0 aliphatic rings. The Labute approximate surface area is 81.1 Å². The number of hydrogen-bond donors (Lipinski definition) is 2. The molecule has 2 nitrogen and oxygen atoms in total. The summed E-state index contributed by atoms with van der Waals surface area (Å²) in [5, 5.41) is 8.97. The summed E-state index contributed by atoms with van der Waals surface area (Å²) in [6.45, 7) is -0.654. The van der Waals surface area contributed by atoms with E-state index in [1.165, 1.54) is 0 Å². The Morgan fingerprint density at radius 3 is 1.53 bits per heavy atom. The molecule has 7 heteroatoms. The molecule has 0 radical (unpaired) electrons. The second-order valence-corrected chi connectivity index (χ2v) is 2.74. The fourth-order valence-electron chi connectivity index (χ4n) is 1.03. The molecule has 15 heavy (non-hydrogen) atoms. The summed E-state index contributed by atoms with van der Waals surface area (Å²) >= 11 is 0. The van der Waals surface area contributed by atoms with Crippen LogP contribution in [0.25, 0.3) is 0 Å². The normalized spacial score (nSPS) is 13.0. The van der Waals surface area contributed by atoms with Crippen LogP contribution in [0.2, 0.25) is 0 Å². The van der Waals surface area contributed by atoms with Crippen molar-refractivity contribution in [3.05, 3.63) is 34.6 Å². The fourth-order valence-corrected chi connectivity index (χ4v) is 1.03. The molecular weight excluding hydrogens is 221 g/mol. The van der Waals surface area contributed by atoms with Crippen molar-refractivity contribution in [1.29, 1.82) is 0 Å². The molecule has 84 valence electrons. The van der Waals surface area contributed by atoms with Gasteiger partial charge in [0.15, 0.2) is 23.3 Å². The number of nitrogens with two attached hydrogens (primary N) is 1. The van der Waals surface area contributed by atoms with E-state index in [4.69, 9.17) is 10.8 Å². The van der Waals surface area contributed by atoms with Gasteiger partial charge < -0.3 is 10.8 Å². The highest BCUT2D eigenvalue weighted by atomic mass is 19.2. The molecule has 1 unspecified atom stereocenters. The lowest BCUT2D eigenvalue weighted by Crippen LogP contribution is -2.18. The summed E-state index contributed by atoms with van der Waals surface area (Å²) in [5.41, 5.74) is 3.55. The fraction of sp³-hybridized carbons (Fsp3) is 0.250. The lowest BCUT2D eigenvalue weighted by molar-refractivity contribution is 0.171. The zero-order valence-electron chi connectivity index (χ0n) is 7.20. The standard InChI is InChI=1S/C8H6F5NO/c9-4-3(2(15)1-14)5(10)7(12)8(13)6(4)11/h2,15H,1,14H2. The van der Waals surface area contributed by atoms with Crippen molar-refractivity contribution in [2.75, 3.05) is 6.54 Å². The minimum atomic E-state index is -2.27. The SMILES string of the molecule is NCC(O)c1c(F)c(F)c(F)c(F)c1F. The van der Waals surface area contributed by atoms with Gasteiger partial charge in [-0.15, -0.1) is 0 Å². The predicted octanol–water partition coefficient (Wildman–Crippen LogP) is 1.37. The van der Waals surface area contributed by atoms with Crippen LogP contribution < -0.4 is 5.73 Å². The van der Waals surface area contributed by atoms with Crippen molar-refractivity contribution in [2.45, 2.75) is 6.10 Å². The Morgan fingerprint density at radius 1 is 0.867 bits per heavy atom. The summed E-state index contributed by atoms with van der Waals surface area (Å²) in [7, 11) is 0. The molecule has 0 saturated heterocycles. The van der Waals surface area contributed by atoms with Crippen molar-refractivity contribution in [1.82, 2.24) is 0 Å². The first-order valence-electron chi connectivity index (χ1n) is 3.81. The third kappa shape index (κ3) is 1.80. The second kappa shape index (κ2) is 4.11. The molecule has 1 rings (SSSR count).